The van der Waals surface area contributed by atoms with E-state index in [-0.39, 0.29) is 12.0 Å². The number of hydrogen-bond donors (Lipinski definition) is 1. The highest BCUT2D eigenvalue weighted by atomic mass is 79.9. The third kappa shape index (κ3) is 2.15. The van der Waals surface area contributed by atoms with Gasteiger partial charge in [-0.25, -0.2) is 0 Å². The molecule has 0 saturated carbocycles. The van der Waals surface area contributed by atoms with Gasteiger partial charge in [-0.1, -0.05) is 0 Å². The minimum absolute atomic E-state index is 0.00116. The molecule has 3 nitrogen and oxygen atoms in total. The Morgan fingerprint density at radius 2 is 2.27 bits per heavy atom. The molecule has 1 aromatic carbocycles. The largest absolute Gasteiger partial charge is 0.487 e. The zero-order valence-corrected chi connectivity index (χ0v) is 10.2. The number of hydrogen-bond acceptors (Lipinski definition) is 2. The first-order valence-electron chi connectivity index (χ1n) is 4.83. The predicted molar refractivity (Wildman–Crippen MR) is 62.2 cm³/mol. The van der Waals surface area contributed by atoms with E-state index in [4.69, 9.17) is 4.74 Å². The van der Waals surface area contributed by atoms with Crippen LogP contribution in [-0.2, 0) is 4.79 Å². The molecule has 0 radical (unpaired) electrons. The molecule has 0 aromatic heterocycles. The molecule has 1 amide bonds. The van der Waals surface area contributed by atoms with Gasteiger partial charge in [0.25, 0.3) is 0 Å². The number of nitrogens with one attached hydrogen (secondary N) is 1. The van der Waals surface area contributed by atoms with E-state index in [1.165, 1.54) is 0 Å². The number of carbonyl (C=O) groups is 1. The molecule has 15 heavy (non-hydrogen) atoms. The molecule has 4 heteroatoms. The molecule has 0 bridgehead atoms. The predicted octanol–water partition coefficient (Wildman–Crippen LogP) is 2.87. The minimum atomic E-state index is -0.0924. The maximum absolute atomic E-state index is 11.5. The molecule has 0 spiro atoms. The molecule has 0 fully saturated rings. The summed E-state index contributed by atoms with van der Waals surface area (Å²) in [4.78, 5) is 11.5. The van der Waals surface area contributed by atoms with Crippen molar-refractivity contribution in [3.05, 3.63) is 22.2 Å². The van der Waals surface area contributed by atoms with Crippen LogP contribution in [0, 0.1) is 6.92 Å². The molecule has 80 valence electrons. The number of rotatable bonds is 0. The molecule has 1 unspecified atom stereocenters. The van der Waals surface area contributed by atoms with Gasteiger partial charge < -0.3 is 10.1 Å². The fraction of sp³-hybridized carbons (Fsp3) is 0.364. The second-order valence-corrected chi connectivity index (χ2v) is 4.66. The Bertz CT molecular complexity index is 417. The molecular weight excluding hydrogens is 258 g/mol. The summed E-state index contributed by atoms with van der Waals surface area (Å²) in [7, 11) is 0. The SMILES string of the molecule is Cc1cc(Br)c2c(c1)NC(=O)CC(C)O2. The zero-order valence-electron chi connectivity index (χ0n) is 8.63. The summed E-state index contributed by atoms with van der Waals surface area (Å²) in [5.74, 6) is 0.720. The standard InChI is InChI=1S/C11H12BrNO2/c1-6-3-8(12)11-9(4-6)13-10(14)5-7(2)15-11/h3-4,7H,5H2,1-2H3,(H,13,14). The first-order chi connectivity index (χ1) is 7.06. The number of benzene rings is 1. The van der Waals surface area contributed by atoms with E-state index in [2.05, 4.69) is 21.2 Å². The molecule has 1 N–H and O–H groups in total. The summed E-state index contributed by atoms with van der Waals surface area (Å²) in [5.41, 5.74) is 1.83. The van der Waals surface area contributed by atoms with E-state index in [0.29, 0.717) is 6.42 Å². The monoisotopic (exact) mass is 269 g/mol. The Kier molecular flexibility index (Phi) is 2.69. The summed E-state index contributed by atoms with van der Waals surface area (Å²) in [6.07, 6.45) is 0.297. The third-order valence-corrected chi connectivity index (χ3v) is 2.84. The zero-order chi connectivity index (χ0) is 11.0. The maximum atomic E-state index is 11.5. The lowest BCUT2D eigenvalue weighted by Gasteiger charge is -2.13. The Labute approximate surface area is 96.9 Å². The highest BCUT2D eigenvalue weighted by molar-refractivity contribution is 9.10. The van der Waals surface area contributed by atoms with Crippen molar-refractivity contribution < 1.29 is 9.53 Å². The van der Waals surface area contributed by atoms with Crippen LogP contribution in [0.2, 0.25) is 0 Å². The van der Waals surface area contributed by atoms with Gasteiger partial charge in [-0.05, 0) is 47.5 Å². The van der Waals surface area contributed by atoms with E-state index in [1.807, 2.05) is 26.0 Å². The summed E-state index contributed by atoms with van der Waals surface area (Å²) in [6, 6.07) is 3.89. The fourth-order valence-corrected chi connectivity index (χ4v) is 2.31. The lowest BCUT2D eigenvalue weighted by atomic mass is 10.2. The topological polar surface area (TPSA) is 38.3 Å². The Morgan fingerprint density at radius 1 is 1.53 bits per heavy atom. The molecule has 1 heterocycles. The van der Waals surface area contributed by atoms with Gasteiger partial charge in [0.2, 0.25) is 5.91 Å². The Morgan fingerprint density at radius 3 is 3.00 bits per heavy atom. The first-order valence-corrected chi connectivity index (χ1v) is 5.62. The van der Waals surface area contributed by atoms with Crippen LogP contribution in [0.25, 0.3) is 0 Å². The molecule has 1 aromatic rings. The van der Waals surface area contributed by atoms with E-state index in [0.717, 1.165) is 21.5 Å². The van der Waals surface area contributed by atoms with E-state index in [1.54, 1.807) is 0 Å². The number of amides is 1. The summed E-state index contributed by atoms with van der Waals surface area (Å²) >= 11 is 3.44. The van der Waals surface area contributed by atoms with Crippen molar-refractivity contribution in [2.45, 2.75) is 26.4 Å². The van der Waals surface area contributed by atoms with Gasteiger partial charge in [-0.2, -0.15) is 0 Å². The van der Waals surface area contributed by atoms with Crippen molar-refractivity contribution in [1.29, 1.82) is 0 Å². The fourth-order valence-electron chi connectivity index (χ4n) is 1.65. The van der Waals surface area contributed by atoms with Crippen molar-refractivity contribution in [3.8, 4) is 5.75 Å². The minimum Gasteiger partial charge on any atom is -0.487 e. The van der Waals surface area contributed by atoms with Gasteiger partial charge in [0.15, 0.2) is 5.75 Å². The smallest absolute Gasteiger partial charge is 0.228 e. The number of fused-ring (bicyclic) bond motifs is 1. The Balaban J connectivity index is 2.50. The highest BCUT2D eigenvalue weighted by Crippen LogP contribution is 2.37. The van der Waals surface area contributed by atoms with Crippen LogP contribution in [0.5, 0.6) is 5.75 Å². The van der Waals surface area contributed by atoms with Crippen LogP contribution in [0.4, 0.5) is 5.69 Å². The number of aryl methyl sites for hydroxylation is 1. The van der Waals surface area contributed by atoms with Gasteiger partial charge in [0.1, 0.15) is 6.10 Å². The van der Waals surface area contributed by atoms with Crippen LogP contribution >= 0.6 is 15.9 Å². The van der Waals surface area contributed by atoms with Gasteiger partial charge in [0, 0.05) is 0 Å². The molecule has 0 aliphatic carbocycles. The molecular formula is C11H12BrNO2. The molecule has 1 aliphatic rings. The van der Waals surface area contributed by atoms with Crippen molar-refractivity contribution in [3.63, 3.8) is 0 Å². The van der Waals surface area contributed by atoms with Crippen LogP contribution in [0.1, 0.15) is 18.9 Å². The van der Waals surface area contributed by atoms with Gasteiger partial charge in [-0.15, -0.1) is 0 Å². The average molecular weight is 270 g/mol. The van der Waals surface area contributed by atoms with Gasteiger partial charge in [-0.3, -0.25) is 4.79 Å². The first kappa shape index (κ1) is 10.5. The lowest BCUT2D eigenvalue weighted by molar-refractivity contribution is -0.117. The van der Waals surface area contributed by atoms with Crippen molar-refractivity contribution in [2.75, 3.05) is 5.32 Å². The molecule has 1 aliphatic heterocycles. The summed E-state index contributed by atoms with van der Waals surface area (Å²) in [5, 5.41) is 2.84. The van der Waals surface area contributed by atoms with Crippen molar-refractivity contribution in [1.82, 2.24) is 0 Å². The van der Waals surface area contributed by atoms with Crippen LogP contribution in [0.15, 0.2) is 16.6 Å². The normalized spacial score (nSPS) is 19.9. The number of carbonyl (C=O) groups excluding carboxylic acids is 1. The summed E-state index contributed by atoms with van der Waals surface area (Å²) in [6.45, 7) is 3.87. The summed E-state index contributed by atoms with van der Waals surface area (Å²) < 4.78 is 6.56. The second kappa shape index (κ2) is 3.85. The van der Waals surface area contributed by atoms with Crippen molar-refractivity contribution >= 4 is 27.5 Å². The lowest BCUT2D eigenvalue weighted by Crippen LogP contribution is -2.17. The van der Waals surface area contributed by atoms with Gasteiger partial charge in [0.05, 0.1) is 16.6 Å². The average Bonchev–Trinajstić information content (AvgIpc) is 2.22. The number of halogens is 1. The quantitative estimate of drug-likeness (QED) is 0.787. The molecule has 1 atom stereocenters. The van der Waals surface area contributed by atoms with Gasteiger partial charge >= 0.3 is 0 Å². The van der Waals surface area contributed by atoms with Crippen LogP contribution < -0.4 is 10.1 Å². The van der Waals surface area contributed by atoms with E-state index >= 15 is 0 Å². The third-order valence-electron chi connectivity index (χ3n) is 2.25. The van der Waals surface area contributed by atoms with Crippen molar-refractivity contribution in [2.24, 2.45) is 0 Å². The Hall–Kier alpha value is -1.03. The second-order valence-electron chi connectivity index (χ2n) is 3.80. The van der Waals surface area contributed by atoms with E-state index in [9.17, 15) is 4.79 Å². The maximum Gasteiger partial charge on any atom is 0.228 e. The number of ether oxygens (including phenoxy) is 1. The molecule has 0 saturated heterocycles. The highest BCUT2D eigenvalue weighted by Gasteiger charge is 2.21. The number of anilines is 1. The molecule has 2 rings (SSSR count). The van der Waals surface area contributed by atoms with Crippen LogP contribution in [0.3, 0.4) is 0 Å². The van der Waals surface area contributed by atoms with Crippen LogP contribution in [-0.4, -0.2) is 12.0 Å². The van der Waals surface area contributed by atoms with E-state index < -0.39 is 0 Å².